The molecule has 0 unspecified atom stereocenters. The van der Waals surface area contributed by atoms with Gasteiger partial charge < -0.3 is 41.0 Å². The van der Waals surface area contributed by atoms with E-state index in [9.17, 15) is 19.8 Å². The minimum Gasteiger partial charge on any atom is -0.481 e. The highest BCUT2D eigenvalue weighted by Gasteiger charge is 2.32. The topological polar surface area (TPSA) is 199 Å². The number of aliphatic hydroxyl groups excluding tert-OH is 2. The van der Waals surface area contributed by atoms with Crippen LogP contribution in [0.2, 0.25) is 0 Å². The van der Waals surface area contributed by atoms with Crippen LogP contribution in [0.3, 0.4) is 0 Å². The van der Waals surface area contributed by atoms with Gasteiger partial charge in [0.2, 0.25) is 23.6 Å². The minimum absolute atomic E-state index is 0.0584. The van der Waals surface area contributed by atoms with Crippen molar-refractivity contribution in [2.24, 2.45) is 0 Å². The first-order valence-electron chi connectivity index (χ1n) is 23.3. The molecule has 10 rings (SSSR count). The molecule has 2 amide bonds. The Morgan fingerprint density at radius 1 is 0.643 bits per heavy atom. The second-order valence-corrected chi connectivity index (χ2v) is 19.7. The van der Waals surface area contributed by atoms with E-state index in [2.05, 4.69) is 41.2 Å². The summed E-state index contributed by atoms with van der Waals surface area (Å²) in [6, 6.07) is 25.9. The van der Waals surface area contributed by atoms with Crippen LogP contribution in [0.15, 0.2) is 94.7 Å². The van der Waals surface area contributed by atoms with Crippen LogP contribution < -0.4 is 30.7 Å². The van der Waals surface area contributed by atoms with Gasteiger partial charge in [-0.25, -0.2) is 28.7 Å². The van der Waals surface area contributed by atoms with Crippen molar-refractivity contribution in [3.63, 3.8) is 0 Å². The van der Waals surface area contributed by atoms with Gasteiger partial charge in [-0.3, -0.25) is 19.4 Å². The van der Waals surface area contributed by atoms with E-state index in [0.29, 0.717) is 109 Å². The standard InChI is InChI=1S/2C25H28FN5O3S/c2*1-34-23-8-5-15-3-2-4-17(24(15)30-23)20(32)13-31-10-9-19(18(26)12-31)27-11-16-6-7-21-25(28-16)29-22(33)14-35-21/h2*2-8,18-20,27,32H,9-14H2,1H3,(H,28,29,33)/t18-,19+,20+;18-,19+,20-/m10/s1. The van der Waals surface area contributed by atoms with Gasteiger partial charge in [0, 0.05) is 85.4 Å². The third-order valence-electron chi connectivity index (χ3n) is 12.9. The molecule has 6 atom stereocenters. The minimum atomic E-state index is -1.07. The summed E-state index contributed by atoms with van der Waals surface area (Å²) in [6.45, 7) is 3.31. The Morgan fingerprint density at radius 3 is 1.50 bits per heavy atom. The highest BCUT2D eigenvalue weighted by molar-refractivity contribution is 8.00. The number of fused-ring (bicyclic) bond motifs is 4. The average Bonchev–Trinajstić information content (AvgIpc) is 3.37. The maximum Gasteiger partial charge on any atom is 0.235 e. The number of benzene rings is 2. The molecule has 70 heavy (non-hydrogen) atoms. The Morgan fingerprint density at radius 2 is 1.09 bits per heavy atom. The smallest absolute Gasteiger partial charge is 0.235 e. The van der Waals surface area contributed by atoms with Crippen molar-refractivity contribution < 1.29 is 38.1 Å². The maximum atomic E-state index is 15.0. The SMILES string of the molecule is COc1ccc2cccc([C@@H](O)CN3CC[C@@H](NCc4ccc5c(n4)NC(=O)CS5)[C@@H](F)C3)c2n1.COc1ccc2cccc([C@@H](O)CN3CC[C@H](NCc4ccc5c(n4)NC(=O)CS5)[C@H](F)C3)c2n1. The van der Waals surface area contributed by atoms with E-state index in [4.69, 9.17) is 9.47 Å². The number of hydrogen-bond acceptors (Lipinski definition) is 16. The summed E-state index contributed by atoms with van der Waals surface area (Å²) in [5.41, 5.74) is 4.33. The molecule has 20 heteroatoms. The average molecular weight is 995 g/mol. The Labute approximate surface area is 412 Å². The Balaban J connectivity index is 0.000000174. The number of carbonyl (C=O) groups is 2. The number of halogens is 2. The molecule has 0 saturated carbocycles. The number of hydrogen-bond donors (Lipinski definition) is 6. The second-order valence-electron chi connectivity index (χ2n) is 17.7. The number of amides is 2. The number of para-hydroxylation sites is 2. The summed E-state index contributed by atoms with van der Waals surface area (Å²) in [7, 11) is 3.12. The lowest BCUT2D eigenvalue weighted by Gasteiger charge is -2.36. The zero-order valence-corrected chi connectivity index (χ0v) is 40.4. The number of alkyl halides is 2. The zero-order valence-electron chi connectivity index (χ0n) is 38.8. The van der Waals surface area contributed by atoms with Gasteiger partial charge in [-0.2, -0.15) is 0 Å². The summed E-state index contributed by atoms with van der Waals surface area (Å²) in [6.07, 6.45) is -2.49. The molecule has 2 aromatic carbocycles. The van der Waals surface area contributed by atoms with Crippen molar-refractivity contribution >= 4 is 68.8 Å². The molecule has 0 aliphatic carbocycles. The van der Waals surface area contributed by atoms with Crippen LogP contribution in [0, 0.1) is 0 Å². The fraction of sp³-hybridized carbons (Fsp3) is 0.400. The van der Waals surface area contributed by atoms with E-state index in [1.165, 1.54) is 23.5 Å². The molecular weight excluding hydrogens is 939 g/mol. The number of β-amino-alcohol motifs (C(OH)–C–C–N with tert-alkyl or cyclic N) is 2. The van der Waals surface area contributed by atoms with Crippen molar-refractivity contribution in [1.82, 2.24) is 40.4 Å². The van der Waals surface area contributed by atoms with Gasteiger partial charge in [0.1, 0.15) is 24.0 Å². The van der Waals surface area contributed by atoms with Crippen LogP contribution in [0.4, 0.5) is 20.4 Å². The number of pyridine rings is 4. The third-order valence-corrected chi connectivity index (χ3v) is 15.0. The molecule has 4 aliphatic heterocycles. The van der Waals surface area contributed by atoms with Crippen LogP contribution in [-0.2, 0) is 22.7 Å². The van der Waals surface area contributed by atoms with Crippen LogP contribution in [0.25, 0.3) is 21.8 Å². The molecule has 6 aromatic rings. The number of likely N-dealkylation sites (tertiary alicyclic amines) is 2. The Kier molecular flexibility index (Phi) is 16.0. The largest absolute Gasteiger partial charge is 0.481 e. The van der Waals surface area contributed by atoms with Crippen molar-refractivity contribution in [2.75, 3.05) is 75.6 Å². The molecule has 16 nitrogen and oxygen atoms in total. The van der Waals surface area contributed by atoms with E-state index in [0.717, 1.165) is 32.0 Å². The van der Waals surface area contributed by atoms with Crippen molar-refractivity contribution in [2.45, 2.75) is 72.4 Å². The first-order valence-corrected chi connectivity index (χ1v) is 25.3. The Hall–Kier alpha value is -5.58. The molecule has 8 heterocycles. The Bertz CT molecular complexity index is 2650. The number of piperidine rings is 2. The number of carbonyl (C=O) groups excluding carboxylic acids is 2. The summed E-state index contributed by atoms with van der Waals surface area (Å²) in [4.78, 5) is 47.0. The number of nitrogens with one attached hydrogen (secondary N) is 4. The molecule has 0 bridgehead atoms. The predicted octanol–water partition coefficient (Wildman–Crippen LogP) is 5.84. The number of nitrogens with zero attached hydrogens (tertiary/aromatic N) is 6. The number of ether oxygens (including phenoxy) is 2. The fourth-order valence-corrected chi connectivity index (χ4v) is 10.7. The number of thioether (sulfide) groups is 2. The molecular formula is C50H56F2N10O6S2. The molecule has 2 saturated heterocycles. The van der Waals surface area contributed by atoms with E-state index in [1.807, 2.05) is 82.6 Å². The van der Waals surface area contributed by atoms with E-state index >= 15 is 8.78 Å². The predicted molar refractivity (Wildman–Crippen MR) is 267 cm³/mol. The summed E-state index contributed by atoms with van der Waals surface area (Å²) < 4.78 is 40.5. The van der Waals surface area contributed by atoms with Crippen LogP contribution in [-0.4, -0.2) is 141 Å². The molecule has 0 radical (unpaired) electrons. The number of aromatic nitrogens is 4. The van der Waals surface area contributed by atoms with Crippen LogP contribution in [0.5, 0.6) is 11.8 Å². The van der Waals surface area contributed by atoms with E-state index < -0.39 is 24.6 Å². The zero-order chi connectivity index (χ0) is 48.7. The monoisotopic (exact) mass is 994 g/mol. The van der Waals surface area contributed by atoms with Gasteiger partial charge in [-0.1, -0.05) is 36.4 Å². The number of rotatable bonds is 14. The van der Waals surface area contributed by atoms with Gasteiger partial charge in [0.25, 0.3) is 0 Å². The van der Waals surface area contributed by atoms with Gasteiger partial charge in [0.05, 0.1) is 70.1 Å². The molecule has 2 fully saturated rings. The number of anilines is 2. The lowest BCUT2D eigenvalue weighted by molar-refractivity contribution is -0.114. The quantitative estimate of drug-likeness (QED) is 0.0761. The van der Waals surface area contributed by atoms with Crippen molar-refractivity contribution in [3.8, 4) is 11.8 Å². The van der Waals surface area contributed by atoms with Crippen molar-refractivity contribution in [3.05, 3.63) is 107 Å². The molecule has 4 aliphatic rings. The normalized spacial score (nSPS) is 21.4. The molecule has 0 spiro atoms. The highest BCUT2D eigenvalue weighted by Crippen LogP contribution is 2.32. The third kappa shape index (κ3) is 11.9. The van der Waals surface area contributed by atoms with Crippen LogP contribution >= 0.6 is 23.5 Å². The van der Waals surface area contributed by atoms with Gasteiger partial charge in [0.15, 0.2) is 0 Å². The molecule has 368 valence electrons. The molecule has 6 N–H and O–H groups in total. The molecule has 4 aromatic heterocycles. The first-order chi connectivity index (χ1) is 34.0. The summed E-state index contributed by atoms with van der Waals surface area (Å²) in [5.74, 6) is 2.81. The van der Waals surface area contributed by atoms with Gasteiger partial charge >= 0.3 is 0 Å². The van der Waals surface area contributed by atoms with Gasteiger partial charge in [-0.15, -0.1) is 23.5 Å². The van der Waals surface area contributed by atoms with E-state index in [-0.39, 0.29) is 37.0 Å². The second kappa shape index (κ2) is 22.7. The van der Waals surface area contributed by atoms with Gasteiger partial charge in [-0.05, 0) is 62.3 Å². The van der Waals surface area contributed by atoms with Crippen molar-refractivity contribution in [1.29, 1.82) is 0 Å². The maximum absolute atomic E-state index is 15.0. The van der Waals surface area contributed by atoms with Crippen LogP contribution in [0.1, 0.15) is 47.6 Å². The lowest BCUT2D eigenvalue weighted by atomic mass is 10.0. The lowest BCUT2D eigenvalue weighted by Crippen LogP contribution is -2.51. The fourth-order valence-electron chi connectivity index (χ4n) is 9.16. The summed E-state index contributed by atoms with van der Waals surface area (Å²) in [5, 5.41) is 35.9. The number of methoxy groups -OCH3 is 2. The van der Waals surface area contributed by atoms with E-state index in [1.54, 1.807) is 26.4 Å². The summed E-state index contributed by atoms with van der Waals surface area (Å²) >= 11 is 2.93. The first kappa shape index (κ1) is 49.4. The highest BCUT2D eigenvalue weighted by atomic mass is 32.2. The number of aliphatic hydroxyl groups is 2.